The van der Waals surface area contributed by atoms with E-state index in [1.54, 1.807) is 11.6 Å². The van der Waals surface area contributed by atoms with E-state index in [0.717, 1.165) is 24.8 Å². The normalized spacial score (nSPS) is 18.2. The average Bonchev–Trinajstić information content (AvgIpc) is 3.31. The number of nitro groups is 1. The Labute approximate surface area is 125 Å². The molecule has 0 bridgehead atoms. The fourth-order valence-electron chi connectivity index (χ4n) is 3.32. The summed E-state index contributed by atoms with van der Waals surface area (Å²) in [5.74, 6) is 2.97. The van der Waals surface area contributed by atoms with E-state index in [0.29, 0.717) is 24.0 Å². The lowest BCUT2D eigenvalue weighted by Gasteiger charge is -2.17. The van der Waals surface area contributed by atoms with Gasteiger partial charge in [0.1, 0.15) is 5.69 Å². The van der Waals surface area contributed by atoms with Crippen molar-refractivity contribution in [3.8, 4) is 0 Å². The van der Waals surface area contributed by atoms with E-state index in [1.165, 1.54) is 25.7 Å². The number of nitrogens with one attached hydrogen (secondary N) is 1. The predicted octanol–water partition coefficient (Wildman–Crippen LogP) is 3.36. The second-order valence-electron chi connectivity index (χ2n) is 6.48. The summed E-state index contributed by atoms with van der Waals surface area (Å²) in [6, 6.07) is 0. The highest BCUT2D eigenvalue weighted by molar-refractivity contribution is 5.59. The van der Waals surface area contributed by atoms with Crippen molar-refractivity contribution in [3.63, 3.8) is 0 Å². The Bertz CT molecular complexity index is 520. The minimum absolute atomic E-state index is 0.147. The molecule has 0 unspecified atom stereocenters. The largest absolute Gasteiger partial charge is 0.364 e. The van der Waals surface area contributed by atoms with Crippen molar-refractivity contribution in [1.29, 1.82) is 0 Å². The van der Waals surface area contributed by atoms with Crippen LogP contribution in [-0.4, -0.2) is 21.2 Å². The van der Waals surface area contributed by atoms with Crippen LogP contribution in [-0.2, 0) is 6.54 Å². The van der Waals surface area contributed by atoms with Gasteiger partial charge in [-0.05, 0) is 56.8 Å². The molecule has 0 aliphatic heterocycles. The monoisotopic (exact) mass is 292 g/mol. The van der Waals surface area contributed by atoms with Crippen LogP contribution in [0.4, 0.5) is 11.5 Å². The van der Waals surface area contributed by atoms with Crippen LogP contribution in [0, 0.1) is 34.8 Å². The molecule has 1 heterocycles. The van der Waals surface area contributed by atoms with Crippen molar-refractivity contribution >= 4 is 11.5 Å². The lowest BCUT2D eigenvalue weighted by Crippen LogP contribution is -2.20. The first-order chi connectivity index (χ1) is 10.1. The molecule has 0 radical (unpaired) electrons. The van der Waals surface area contributed by atoms with Crippen LogP contribution in [0.5, 0.6) is 0 Å². The topological polar surface area (TPSA) is 73.0 Å². The molecule has 2 aliphatic carbocycles. The summed E-state index contributed by atoms with van der Waals surface area (Å²) in [6.45, 7) is 5.35. The molecule has 0 atom stereocenters. The molecule has 1 aromatic rings. The van der Waals surface area contributed by atoms with Gasteiger partial charge < -0.3 is 5.32 Å². The smallest absolute Gasteiger partial charge is 0.333 e. The zero-order valence-electron chi connectivity index (χ0n) is 12.8. The number of nitrogens with zero attached hydrogens (tertiary/aromatic N) is 3. The van der Waals surface area contributed by atoms with E-state index in [9.17, 15) is 10.1 Å². The second-order valence-corrected chi connectivity index (χ2v) is 6.48. The molecule has 21 heavy (non-hydrogen) atoms. The molecular weight excluding hydrogens is 268 g/mol. The van der Waals surface area contributed by atoms with Gasteiger partial charge in [0.05, 0.1) is 4.92 Å². The van der Waals surface area contributed by atoms with E-state index in [2.05, 4.69) is 17.3 Å². The molecule has 0 spiro atoms. The van der Waals surface area contributed by atoms with Crippen LogP contribution in [0.2, 0.25) is 0 Å². The number of aryl methyl sites for hydroxylation is 2. The number of rotatable bonds is 8. The van der Waals surface area contributed by atoms with Gasteiger partial charge in [0, 0.05) is 13.1 Å². The van der Waals surface area contributed by atoms with Crippen molar-refractivity contribution in [1.82, 2.24) is 9.78 Å². The molecule has 116 valence electrons. The summed E-state index contributed by atoms with van der Waals surface area (Å²) in [7, 11) is 0. The molecule has 2 aliphatic rings. The van der Waals surface area contributed by atoms with Crippen molar-refractivity contribution < 1.29 is 4.92 Å². The minimum Gasteiger partial charge on any atom is -0.364 e. The van der Waals surface area contributed by atoms with Gasteiger partial charge in [-0.15, -0.1) is 0 Å². The molecule has 6 heteroatoms. The SMILES string of the molecule is CCCn1nc(C)c([N+](=O)[O-])c1NCC(C1CC1)C1CC1. The average molecular weight is 292 g/mol. The minimum atomic E-state index is -0.305. The molecule has 6 nitrogen and oxygen atoms in total. The Morgan fingerprint density at radius 2 is 2.00 bits per heavy atom. The lowest BCUT2D eigenvalue weighted by molar-refractivity contribution is -0.384. The molecule has 0 aromatic carbocycles. The van der Waals surface area contributed by atoms with Crippen LogP contribution >= 0.6 is 0 Å². The Kier molecular flexibility index (Phi) is 3.87. The Morgan fingerprint density at radius 1 is 1.38 bits per heavy atom. The van der Waals surface area contributed by atoms with Gasteiger partial charge in [-0.2, -0.15) is 5.10 Å². The maximum atomic E-state index is 11.3. The highest BCUT2D eigenvalue weighted by atomic mass is 16.6. The van der Waals surface area contributed by atoms with Gasteiger partial charge in [0.25, 0.3) is 0 Å². The van der Waals surface area contributed by atoms with Gasteiger partial charge in [-0.1, -0.05) is 6.92 Å². The highest BCUT2D eigenvalue weighted by Crippen LogP contribution is 2.49. The fraction of sp³-hybridized carbons (Fsp3) is 0.800. The second kappa shape index (κ2) is 5.66. The van der Waals surface area contributed by atoms with Gasteiger partial charge >= 0.3 is 5.69 Å². The highest BCUT2D eigenvalue weighted by Gasteiger charge is 2.41. The summed E-state index contributed by atoms with van der Waals surface area (Å²) < 4.78 is 1.77. The van der Waals surface area contributed by atoms with Crippen LogP contribution in [0.3, 0.4) is 0 Å². The van der Waals surface area contributed by atoms with E-state index < -0.39 is 0 Å². The third-order valence-electron chi connectivity index (χ3n) is 4.67. The van der Waals surface area contributed by atoms with Crippen LogP contribution in [0.1, 0.15) is 44.7 Å². The summed E-state index contributed by atoms with van der Waals surface area (Å²) in [6.07, 6.45) is 6.24. The molecule has 1 N–H and O–H groups in total. The Morgan fingerprint density at radius 3 is 2.48 bits per heavy atom. The molecule has 2 fully saturated rings. The first kappa shape index (κ1) is 14.4. The Hall–Kier alpha value is -1.59. The number of hydrogen-bond acceptors (Lipinski definition) is 4. The van der Waals surface area contributed by atoms with E-state index in [1.807, 2.05) is 0 Å². The zero-order chi connectivity index (χ0) is 15.0. The summed E-state index contributed by atoms with van der Waals surface area (Å²) in [5, 5.41) is 19.0. The third kappa shape index (κ3) is 3.04. The first-order valence-electron chi connectivity index (χ1n) is 8.07. The summed E-state index contributed by atoms with van der Waals surface area (Å²) in [5.41, 5.74) is 0.652. The van der Waals surface area contributed by atoms with Crippen molar-refractivity contribution in [2.75, 3.05) is 11.9 Å². The lowest BCUT2D eigenvalue weighted by atomic mass is 9.98. The van der Waals surface area contributed by atoms with E-state index in [4.69, 9.17) is 0 Å². The van der Waals surface area contributed by atoms with Gasteiger partial charge in [-0.3, -0.25) is 10.1 Å². The van der Waals surface area contributed by atoms with Crippen molar-refractivity contribution in [3.05, 3.63) is 15.8 Å². The Balaban J connectivity index is 1.77. The van der Waals surface area contributed by atoms with E-state index in [-0.39, 0.29) is 10.6 Å². The summed E-state index contributed by atoms with van der Waals surface area (Å²) in [4.78, 5) is 11.0. The van der Waals surface area contributed by atoms with Crippen LogP contribution in [0.15, 0.2) is 0 Å². The maximum Gasteiger partial charge on any atom is 0.333 e. The zero-order valence-corrected chi connectivity index (χ0v) is 12.8. The first-order valence-corrected chi connectivity index (χ1v) is 8.07. The fourth-order valence-corrected chi connectivity index (χ4v) is 3.32. The molecular formula is C15H24N4O2. The number of anilines is 1. The predicted molar refractivity (Wildman–Crippen MR) is 81.3 cm³/mol. The molecule has 0 amide bonds. The number of aromatic nitrogens is 2. The number of hydrogen-bond donors (Lipinski definition) is 1. The van der Waals surface area contributed by atoms with Gasteiger partial charge in [0.15, 0.2) is 0 Å². The molecule has 2 saturated carbocycles. The van der Waals surface area contributed by atoms with Crippen molar-refractivity contribution in [2.24, 2.45) is 17.8 Å². The van der Waals surface area contributed by atoms with Crippen molar-refractivity contribution in [2.45, 2.75) is 52.5 Å². The third-order valence-corrected chi connectivity index (χ3v) is 4.67. The van der Waals surface area contributed by atoms with Gasteiger partial charge in [-0.25, -0.2) is 4.68 Å². The molecule has 0 saturated heterocycles. The molecule has 1 aromatic heterocycles. The maximum absolute atomic E-state index is 11.3. The van der Waals surface area contributed by atoms with Gasteiger partial charge in [0.2, 0.25) is 5.82 Å². The summed E-state index contributed by atoms with van der Waals surface area (Å²) >= 11 is 0. The quantitative estimate of drug-likeness (QED) is 0.589. The van der Waals surface area contributed by atoms with Crippen LogP contribution in [0.25, 0.3) is 0 Å². The standard InChI is InChI=1S/C15H24N4O2/c1-3-8-18-15(14(19(20)21)10(2)17-18)16-9-13(11-4-5-11)12-6-7-12/h11-13,16H,3-9H2,1-2H3. The molecule has 3 rings (SSSR count). The van der Waals surface area contributed by atoms with E-state index >= 15 is 0 Å². The van der Waals surface area contributed by atoms with Crippen LogP contribution < -0.4 is 5.32 Å².